The molecule has 6 nitrogen and oxygen atoms in total. The molecule has 3 rings (SSSR count). The van der Waals surface area contributed by atoms with Crippen LogP contribution in [0.4, 0.5) is 11.5 Å². The smallest absolute Gasteiger partial charge is 0.276 e. The summed E-state index contributed by atoms with van der Waals surface area (Å²) in [5.74, 6) is 0.519. The summed E-state index contributed by atoms with van der Waals surface area (Å²) >= 11 is 0. The van der Waals surface area contributed by atoms with Gasteiger partial charge in [0.1, 0.15) is 0 Å². The van der Waals surface area contributed by atoms with Gasteiger partial charge in [0.15, 0.2) is 11.5 Å². The number of anilines is 2. The van der Waals surface area contributed by atoms with Gasteiger partial charge in [-0.3, -0.25) is 4.79 Å². The molecular weight excluding hydrogens is 292 g/mol. The fraction of sp³-hybridized carbons (Fsp3) is 0.353. The van der Waals surface area contributed by atoms with E-state index in [4.69, 9.17) is 4.74 Å². The third kappa shape index (κ3) is 3.65. The predicted octanol–water partition coefficient (Wildman–Crippen LogP) is 2.18. The summed E-state index contributed by atoms with van der Waals surface area (Å²) < 4.78 is 5.31. The summed E-state index contributed by atoms with van der Waals surface area (Å²) in [6.07, 6.45) is 0. The molecule has 0 aliphatic carbocycles. The normalized spacial score (nSPS) is 14.6. The van der Waals surface area contributed by atoms with Crippen molar-refractivity contribution in [2.45, 2.75) is 13.8 Å². The topological polar surface area (TPSA) is 67.4 Å². The van der Waals surface area contributed by atoms with Crippen molar-refractivity contribution in [3.05, 3.63) is 47.2 Å². The zero-order chi connectivity index (χ0) is 16.2. The number of benzene rings is 1. The Hall–Kier alpha value is -2.47. The molecule has 2 heterocycles. The molecule has 0 bridgehead atoms. The molecule has 1 aromatic heterocycles. The molecule has 6 heteroatoms. The van der Waals surface area contributed by atoms with Crippen LogP contribution >= 0.6 is 0 Å². The van der Waals surface area contributed by atoms with Gasteiger partial charge in [-0.15, -0.1) is 10.2 Å². The van der Waals surface area contributed by atoms with Crippen molar-refractivity contribution in [1.82, 2.24) is 10.2 Å². The highest BCUT2D eigenvalue weighted by atomic mass is 16.5. The van der Waals surface area contributed by atoms with E-state index in [1.807, 2.05) is 38.1 Å². The minimum Gasteiger partial charge on any atom is -0.378 e. The van der Waals surface area contributed by atoms with Gasteiger partial charge in [-0.05, 0) is 49.2 Å². The highest BCUT2D eigenvalue weighted by Crippen LogP contribution is 2.16. The lowest BCUT2D eigenvalue weighted by Crippen LogP contribution is -2.37. The van der Waals surface area contributed by atoms with Crippen molar-refractivity contribution >= 4 is 17.4 Å². The second-order valence-corrected chi connectivity index (χ2v) is 5.63. The highest BCUT2D eigenvalue weighted by Gasteiger charge is 2.14. The molecule has 1 fully saturated rings. The van der Waals surface area contributed by atoms with E-state index >= 15 is 0 Å². The number of hydrogen-bond acceptors (Lipinski definition) is 5. The number of carbonyl (C=O) groups is 1. The number of aryl methyl sites for hydroxylation is 2. The lowest BCUT2D eigenvalue weighted by atomic mass is 10.1. The minimum atomic E-state index is -0.255. The molecule has 1 saturated heterocycles. The Kier molecular flexibility index (Phi) is 4.52. The standard InChI is InChI=1S/C17H20N4O2/c1-12-3-4-14(11-13(12)2)18-17(22)15-5-6-16(20-19-15)21-7-9-23-10-8-21/h3-6,11H,7-10H2,1-2H3,(H,18,22). The predicted molar refractivity (Wildman–Crippen MR) is 88.9 cm³/mol. The van der Waals surface area contributed by atoms with Crippen LogP contribution in [0.5, 0.6) is 0 Å². The number of carbonyl (C=O) groups excluding carboxylic acids is 1. The van der Waals surface area contributed by atoms with E-state index in [9.17, 15) is 4.79 Å². The first-order valence-corrected chi connectivity index (χ1v) is 7.68. The summed E-state index contributed by atoms with van der Waals surface area (Å²) in [7, 11) is 0. The lowest BCUT2D eigenvalue weighted by Gasteiger charge is -2.27. The first-order valence-electron chi connectivity index (χ1n) is 7.68. The number of ether oxygens (including phenoxy) is 1. The van der Waals surface area contributed by atoms with Gasteiger partial charge in [0.2, 0.25) is 0 Å². The first kappa shape index (κ1) is 15.4. The van der Waals surface area contributed by atoms with Crippen molar-refractivity contribution in [3.8, 4) is 0 Å². The molecular formula is C17H20N4O2. The molecule has 1 amide bonds. The Bertz CT molecular complexity index is 694. The number of aromatic nitrogens is 2. The zero-order valence-corrected chi connectivity index (χ0v) is 13.4. The Balaban J connectivity index is 1.68. The quantitative estimate of drug-likeness (QED) is 0.941. The maximum Gasteiger partial charge on any atom is 0.276 e. The molecule has 23 heavy (non-hydrogen) atoms. The van der Waals surface area contributed by atoms with Gasteiger partial charge in [-0.1, -0.05) is 6.07 Å². The van der Waals surface area contributed by atoms with Crippen LogP contribution in [0.25, 0.3) is 0 Å². The van der Waals surface area contributed by atoms with Crippen LogP contribution in [0.2, 0.25) is 0 Å². The molecule has 1 aliphatic rings. The molecule has 0 atom stereocenters. The summed E-state index contributed by atoms with van der Waals surface area (Å²) in [5.41, 5.74) is 3.39. The molecule has 0 spiro atoms. The molecule has 1 aliphatic heterocycles. The number of morpholine rings is 1. The fourth-order valence-corrected chi connectivity index (χ4v) is 2.42. The van der Waals surface area contributed by atoms with Gasteiger partial charge >= 0.3 is 0 Å². The summed E-state index contributed by atoms with van der Waals surface area (Å²) in [4.78, 5) is 14.3. The number of nitrogens with zero attached hydrogens (tertiary/aromatic N) is 3. The van der Waals surface area contributed by atoms with Crippen molar-refractivity contribution in [3.63, 3.8) is 0 Å². The van der Waals surface area contributed by atoms with Crippen LogP contribution in [-0.2, 0) is 4.74 Å². The Morgan fingerprint density at radius 1 is 1.09 bits per heavy atom. The number of nitrogens with one attached hydrogen (secondary N) is 1. The molecule has 0 radical (unpaired) electrons. The maximum absolute atomic E-state index is 12.3. The zero-order valence-electron chi connectivity index (χ0n) is 13.4. The van der Waals surface area contributed by atoms with E-state index in [1.165, 1.54) is 5.56 Å². The van der Waals surface area contributed by atoms with Crippen LogP contribution in [0, 0.1) is 13.8 Å². The third-order valence-corrected chi connectivity index (χ3v) is 3.98. The van der Waals surface area contributed by atoms with Crippen LogP contribution in [0.15, 0.2) is 30.3 Å². The van der Waals surface area contributed by atoms with Crippen LogP contribution in [0.1, 0.15) is 21.6 Å². The highest BCUT2D eigenvalue weighted by molar-refractivity contribution is 6.02. The average molecular weight is 312 g/mol. The van der Waals surface area contributed by atoms with E-state index in [2.05, 4.69) is 20.4 Å². The molecule has 0 saturated carbocycles. The molecule has 1 N–H and O–H groups in total. The van der Waals surface area contributed by atoms with E-state index < -0.39 is 0 Å². The van der Waals surface area contributed by atoms with Crippen molar-refractivity contribution in [2.24, 2.45) is 0 Å². The van der Waals surface area contributed by atoms with Gasteiger partial charge in [-0.2, -0.15) is 0 Å². The molecule has 0 unspecified atom stereocenters. The van der Waals surface area contributed by atoms with Gasteiger partial charge in [-0.25, -0.2) is 0 Å². The van der Waals surface area contributed by atoms with Gasteiger partial charge in [0, 0.05) is 18.8 Å². The van der Waals surface area contributed by atoms with E-state index in [0.29, 0.717) is 18.9 Å². The Morgan fingerprint density at radius 3 is 2.52 bits per heavy atom. The summed E-state index contributed by atoms with van der Waals surface area (Å²) in [6.45, 7) is 7.03. The Labute approximate surface area is 135 Å². The number of amides is 1. The summed E-state index contributed by atoms with van der Waals surface area (Å²) in [5, 5.41) is 11.1. The van der Waals surface area contributed by atoms with Crippen molar-refractivity contribution < 1.29 is 9.53 Å². The number of rotatable bonds is 3. The monoisotopic (exact) mass is 312 g/mol. The minimum absolute atomic E-state index is 0.255. The second-order valence-electron chi connectivity index (χ2n) is 5.63. The SMILES string of the molecule is Cc1ccc(NC(=O)c2ccc(N3CCOCC3)nn2)cc1C. The largest absolute Gasteiger partial charge is 0.378 e. The van der Waals surface area contributed by atoms with Crippen LogP contribution in [0.3, 0.4) is 0 Å². The van der Waals surface area contributed by atoms with Gasteiger partial charge in [0.05, 0.1) is 13.2 Å². The lowest BCUT2D eigenvalue weighted by molar-refractivity contribution is 0.102. The average Bonchev–Trinajstić information content (AvgIpc) is 2.59. The van der Waals surface area contributed by atoms with E-state index in [-0.39, 0.29) is 5.91 Å². The Morgan fingerprint density at radius 2 is 1.87 bits per heavy atom. The number of hydrogen-bond donors (Lipinski definition) is 1. The molecule has 2 aromatic rings. The molecule has 120 valence electrons. The third-order valence-electron chi connectivity index (χ3n) is 3.98. The van der Waals surface area contributed by atoms with Gasteiger partial charge in [0.25, 0.3) is 5.91 Å². The van der Waals surface area contributed by atoms with E-state index in [0.717, 1.165) is 30.2 Å². The maximum atomic E-state index is 12.3. The first-order chi connectivity index (χ1) is 11.1. The molecule has 1 aromatic carbocycles. The fourth-order valence-electron chi connectivity index (χ4n) is 2.42. The van der Waals surface area contributed by atoms with Crippen LogP contribution < -0.4 is 10.2 Å². The van der Waals surface area contributed by atoms with Crippen LogP contribution in [-0.4, -0.2) is 42.4 Å². The summed E-state index contributed by atoms with van der Waals surface area (Å²) in [6, 6.07) is 9.35. The second kappa shape index (κ2) is 6.75. The van der Waals surface area contributed by atoms with Gasteiger partial charge < -0.3 is 15.0 Å². The van der Waals surface area contributed by atoms with E-state index in [1.54, 1.807) is 6.07 Å². The van der Waals surface area contributed by atoms with Crippen molar-refractivity contribution in [2.75, 3.05) is 36.5 Å². The van der Waals surface area contributed by atoms with Crippen molar-refractivity contribution in [1.29, 1.82) is 0 Å².